The molecule has 266 valence electrons. The van der Waals surface area contributed by atoms with Crippen LogP contribution < -0.4 is 9.80 Å². The maximum Gasteiger partial charge on any atom is 0.186 e. The van der Waals surface area contributed by atoms with Crippen LogP contribution in [0.25, 0.3) is 21.5 Å². The van der Waals surface area contributed by atoms with Gasteiger partial charge in [0.15, 0.2) is 11.5 Å². The highest BCUT2D eigenvalue weighted by Gasteiger charge is 2.37. The molecule has 0 aliphatic carbocycles. The second-order valence-corrected chi connectivity index (χ2v) is 18.8. The summed E-state index contributed by atoms with van der Waals surface area (Å²) < 4.78 is 0. The first-order chi connectivity index (χ1) is 24.1. The van der Waals surface area contributed by atoms with Crippen molar-refractivity contribution in [2.75, 3.05) is 9.80 Å². The molecule has 0 bridgehead atoms. The number of benzene rings is 6. The van der Waals surface area contributed by atoms with Crippen molar-refractivity contribution in [2.45, 2.75) is 105 Å². The van der Waals surface area contributed by atoms with Gasteiger partial charge >= 0.3 is 0 Å². The Bertz CT molecular complexity index is 2050. The molecule has 0 atom stereocenters. The predicted octanol–water partition coefficient (Wildman–Crippen LogP) is 14.7. The minimum Gasteiger partial charge on any atom is -0.306 e. The van der Waals surface area contributed by atoms with Crippen LogP contribution in [0.1, 0.15) is 105 Å². The van der Waals surface area contributed by atoms with Crippen molar-refractivity contribution in [1.29, 1.82) is 0 Å². The standard InChI is InChI=1S/C48H52N2O2/c1-45(2,3)35-25-33(26-36(43(35)51)46(4,5)6)49-39-21-29-17-13-15-19-31(29)23-41(39)50(42-24-32-20-16-14-18-30(32)22-40(42)49)34-27-37(47(7,8)9)44(52)38(28-34)48(10,11)12/h13-28H,1-12H3. The average molecular weight is 689 g/mol. The monoisotopic (exact) mass is 688 g/mol. The third kappa shape index (κ3) is 5.96. The zero-order valence-electron chi connectivity index (χ0n) is 32.9. The van der Waals surface area contributed by atoms with E-state index in [0.29, 0.717) is 0 Å². The van der Waals surface area contributed by atoms with Crippen molar-refractivity contribution in [1.82, 2.24) is 0 Å². The van der Waals surface area contributed by atoms with Crippen molar-refractivity contribution >= 4 is 55.7 Å². The van der Waals surface area contributed by atoms with Gasteiger partial charge in [0.05, 0.1) is 22.7 Å². The lowest BCUT2D eigenvalue weighted by Gasteiger charge is -2.42. The van der Waals surface area contributed by atoms with Crippen molar-refractivity contribution < 1.29 is 10.2 Å². The van der Waals surface area contributed by atoms with Gasteiger partial charge in [-0.3, -0.25) is 10.2 Å². The van der Waals surface area contributed by atoms with E-state index in [4.69, 9.17) is 0 Å². The quantitative estimate of drug-likeness (QED) is 0.181. The van der Waals surface area contributed by atoms with E-state index in [1.807, 2.05) is 0 Å². The van der Waals surface area contributed by atoms with Crippen LogP contribution in [-0.2, 0) is 31.9 Å². The van der Waals surface area contributed by atoms with Crippen LogP contribution >= 0.6 is 0 Å². The fourth-order valence-corrected chi connectivity index (χ4v) is 7.68. The van der Waals surface area contributed by atoms with Crippen LogP contribution in [-0.4, -0.2) is 0 Å². The van der Waals surface area contributed by atoms with Crippen molar-refractivity contribution in [2.24, 2.45) is 0 Å². The molecule has 1 aliphatic rings. The normalized spacial score (nSPS) is 13.8. The smallest absolute Gasteiger partial charge is 0.186 e. The predicted molar refractivity (Wildman–Crippen MR) is 219 cm³/mol. The highest BCUT2D eigenvalue weighted by molar-refractivity contribution is 6.09. The van der Waals surface area contributed by atoms with Crippen LogP contribution in [0.2, 0.25) is 0 Å². The first kappa shape index (κ1) is 35.4. The number of anilines is 6. The van der Waals surface area contributed by atoms with Crippen molar-refractivity contribution in [3.8, 4) is 11.5 Å². The molecule has 0 unspecified atom stereocenters. The van der Waals surface area contributed by atoms with Gasteiger partial charge in [-0.05, 0) is 91.7 Å². The summed E-state index contributed by atoms with van der Waals surface area (Å²) in [6.07, 6.45) is 0. The highest BCUT2D eigenvalue weighted by atomic mass is 16.3. The van der Waals surface area contributed by atoms with Gasteiger partial charge in [-0.25, -0.2) is 0 Å². The largest absolute Gasteiger partial charge is 0.306 e. The Hall–Kier alpha value is -4.96. The molecule has 0 spiro atoms. The van der Waals surface area contributed by atoms with Crippen LogP contribution in [0, 0.1) is 0 Å². The first-order valence-corrected chi connectivity index (χ1v) is 18.5. The van der Waals surface area contributed by atoms with Crippen LogP contribution in [0.4, 0.5) is 34.1 Å². The Kier molecular flexibility index (Phi) is 8.03. The fraction of sp³-hybridized carbons (Fsp3) is 0.333. The molecular weight excluding hydrogens is 637 g/mol. The Labute approximate surface area is 310 Å². The molecular formula is C48H52N2O2. The minimum atomic E-state index is -0.361. The van der Waals surface area contributed by atoms with E-state index in [-0.39, 0.29) is 33.2 Å². The van der Waals surface area contributed by atoms with Gasteiger partial charge < -0.3 is 9.80 Å². The molecule has 0 fully saturated rings. The average Bonchev–Trinajstić information content (AvgIpc) is 3.04. The molecule has 7 rings (SSSR count). The number of hydrogen-bond acceptors (Lipinski definition) is 2. The Morgan fingerprint density at radius 3 is 0.750 bits per heavy atom. The van der Waals surface area contributed by atoms with Gasteiger partial charge in [0.2, 0.25) is 0 Å². The third-order valence-electron chi connectivity index (χ3n) is 10.5. The first-order valence-electron chi connectivity index (χ1n) is 18.5. The molecule has 52 heavy (non-hydrogen) atoms. The second-order valence-electron chi connectivity index (χ2n) is 18.8. The maximum absolute atomic E-state index is 14.2. The van der Waals surface area contributed by atoms with E-state index in [9.17, 15) is 10.2 Å². The molecule has 4 nitrogen and oxygen atoms in total. The van der Waals surface area contributed by atoms with E-state index >= 15 is 0 Å². The topological polar surface area (TPSA) is 46.3 Å². The molecule has 1 aliphatic heterocycles. The summed E-state index contributed by atoms with van der Waals surface area (Å²) in [6, 6.07) is 34.6. The van der Waals surface area contributed by atoms with Crippen molar-refractivity contribution in [3.05, 3.63) is 119 Å². The van der Waals surface area contributed by atoms with Gasteiger partial charge in [0.25, 0.3) is 0 Å². The summed E-state index contributed by atoms with van der Waals surface area (Å²) in [4.78, 5) is 4.72. The van der Waals surface area contributed by atoms with Crippen LogP contribution in [0.5, 0.6) is 11.5 Å². The molecule has 0 aromatic heterocycles. The molecule has 4 heteroatoms. The SMILES string of the molecule is CC(C)(C)c1cc(N2c3cc4ccccc4cc3N(c3cc(C(C)(C)C)c([O])c(C(C)(C)C)c3)c3cc4ccccc4cc32)cc(C(C)(C)C)c1[O]. The summed E-state index contributed by atoms with van der Waals surface area (Å²) >= 11 is 0. The van der Waals surface area contributed by atoms with E-state index in [2.05, 4.69) is 190 Å². The summed E-state index contributed by atoms with van der Waals surface area (Å²) in [6.45, 7) is 25.5. The molecule has 6 aromatic rings. The van der Waals surface area contributed by atoms with Gasteiger partial charge in [0.1, 0.15) is 0 Å². The minimum absolute atomic E-state index is 0.113. The summed E-state index contributed by atoms with van der Waals surface area (Å²) in [5.74, 6) is 0.226. The second kappa shape index (κ2) is 11.8. The van der Waals surface area contributed by atoms with E-state index in [1.165, 1.54) is 0 Å². The fourth-order valence-electron chi connectivity index (χ4n) is 7.68. The highest BCUT2D eigenvalue weighted by Crippen LogP contribution is 2.58. The molecule has 2 radical (unpaired) electrons. The molecule has 6 aromatic carbocycles. The van der Waals surface area contributed by atoms with E-state index in [1.54, 1.807) is 0 Å². The Morgan fingerprint density at radius 2 is 0.558 bits per heavy atom. The zero-order valence-corrected chi connectivity index (χ0v) is 32.9. The number of hydrogen-bond donors (Lipinski definition) is 0. The molecule has 1 heterocycles. The third-order valence-corrected chi connectivity index (χ3v) is 10.5. The Balaban J connectivity index is 1.65. The summed E-state index contributed by atoms with van der Waals surface area (Å²) in [5.41, 5.74) is 7.75. The van der Waals surface area contributed by atoms with Crippen LogP contribution in [0.3, 0.4) is 0 Å². The summed E-state index contributed by atoms with van der Waals surface area (Å²) in [5, 5.41) is 32.9. The number of rotatable bonds is 2. The van der Waals surface area contributed by atoms with Gasteiger partial charge in [-0.2, -0.15) is 0 Å². The van der Waals surface area contributed by atoms with E-state index < -0.39 is 0 Å². The van der Waals surface area contributed by atoms with Gasteiger partial charge in [0, 0.05) is 33.6 Å². The molecule has 0 saturated carbocycles. The molecule has 0 amide bonds. The summed E-state index contributed by atoms with van der Waals surface area (Å²) in [7, 11) is 0. The zero-order chi connectivity index (χ0) is 37.7. The maximum atomic E-state index is 14.2. The van der Waals surface area contributed by atoms with Crippen molar-refractivity contribution in [3.63, 3.8) is 0 Å². The van der Waals surface area contributed by atoms with Gasteiger partial charge in [-0.1, -0.05) is 132 Å². The van der Waals surface area contributed by atoms with E-state index in [0.717, 1.165) is 77.9 Å². The lowest BCUT2D eigenvalue weighted by molar-refractivity contribution is 0.326. The lowest BCUT2D eigenvalue weighted by atomic mass is 9.78. The van der Waals surface area contributed by atoms with Gasteiger partial charge in [-0.15, -0.1) is 0 Å². The number of nitrogens with zero attached hydrogens (tertiary/aromatic N) is 2. The molecule has 0 N–H and O–H groups in total. The van der Waals surface area contributed by atoms with Crippen LogP contribution in [0.15, 0.2) is 97.1 Å². The number of fused-ring (bicyclic) bond motifs is 4. The lowest BCUT2D eigenvalue weighted by Crippen LogP contribution is -2.26. The molecule has 0 saturated heterocycles. The Morgan fingerprint density at radius 1 is 0.346 bits per heavy atom.